The molecule has 5 rings (SSSR count). The summed E-state index contributed by atoms with van der Waals surface area (Å²) in [6.45, 7) is 2.59. The number of pyridine rings is 1. The molecule has 1 fully saturated rings. The van der Waals surface area contributed by atoms with Gasteiger partial charge in [0.05, 0.1) is 16.3 Å². The van der Waals surface area contributed by atoms with Crippen LogP contribution in [0.2, 0.25) is 5.02 Å². The van der Waals surface area contributed by atoms with Crippen molar-refractivity contribution in [1.82, 2.24) is 24.6 Å². The van der Waals surface area contributed by atoms with Gasteiger partial charge in [0.25, 0.3) is 15.9 Å². The number of rotatable bonds is 8. The van der Waals surface area contributed by atoms with Crippen LogP contribution in [0.3, 0.4) is 0 Å². The number of ether oxygens (including phenoxy) is 1. The van der Waals surface area contributed by atoms with Crippen molar-refractivity contribution in [2.75, 3.05) is 18.4 Å². The maximum Gasteiger partial charge on any atom is 0.407 e. The van der Waals surface area contributed by atoms with Crippen LogP contribution in [0.1, 0.15) is 28.8 Å². The van der Waals surface area contributed by atoms with Gasteiger partial charge in [-0.25, -0.2) is 32.9 Å². The van der Waals surface area contributed by atoms with E-state index in [9.17, 15) is 23.1 Å². The van der Waals surface area contributed by atoms with Crippen LogP contribution >= 0.6 is 11.6 Å². The van der Waals surface area contributed by atoms with Crippen molar-refractivity contribution in [3.63, 3.8) is 0 Å². The summed E-state index contributed by atoms with van der Waals surface area (Å²) in [5, 5.41) is 12.5. The molecule has 0 aliphatic carbocycles. The number of carboxylic acid groups (broad SMARTS) is 1. The summed E-state index contributed by atoms with van der Waals surface area (Å²) in [4.78, 5) is 38.7. The summed E-state index contributed by atoms with van der Waals surface area (Å²) >= 11 is 6.02. The van der Waals surface area contributed by atoms with Gasteiger partial charge in [-0.1, -0.05) is 29.8 Å². The highest BCUT2D eigenvalue weighted by atomic mass is 35.5. The van der Waals surface area contributed by atoms with Crippen LogP contribution in [0.25, 0.3) is 11.3 Å². The summed E-state index contributed by atoms with van der Waals surface area (Å²) < 4.78 is 33.7. The number of aryl methyl sites for hydroxylation is 1. The molecule has 0 saturated carbocycles. The van der Waals surface area contributed by atoms with Crippen LogP contribution in [0.5, 0.6) is 11.6 Å². The van der Waals surface area contributed by atoms with E-state index >= 15 is 0 Å². The second kappa shape index (κ2) is 12.6. The van der Waals surface area contributed by atoms with E-state index < -0.39 is 22.0 Å². The molecule has 222 valence electrons. The zero-order valence-corrected chi connectivity index (χ0v) is 24.5. The van der Waals surface area contributed by atoms with E-state index in [1.807, 2.05) is 4.72 Å². The normalized spacial score (nSPS) is 15.0. The first-order valence-corrected chi connectivity index (χ1v) is 15.1. The van der Waals surface area contributed by atoms with Crippen molar-refractivity contribution < 1.29 is 27.9 Å². The van der Waals surface area contributed by atoms with Crippen molar-refractivity contribution in [2.45, 2.75) is 30.7 Å². The summed E-state index contributed by atoms with van der Waals surface area (Å²) in [6.07, 6.45) is 3.67. The minimum atomic E-state index is -4.22. The maximum atomic E-state index is 12.9. The van der Waals surface area contributed by atoms with Gasteiger partial charge < -0.3 is 20.1 Å². The SMILES string of the molecule is Cc1ccc(C(=O)NS(=O)(=O)c2ccccc2Cl)cc1Oc1ncccc1-c1ccnc(N[C@H]2CCCN(C(=O)O)C2)n1. The van der Waals surface area contributed by atoms with Gasteiger partial charge in [0.1, 0.15) is 10.6 Å². The van der Waals surface area contributed by atoms with Crippen LogP contribution in [0.15, 0.2) is 78.0 Å². The first-order chi connectivity index (χ1) is 20.6. The lowest BCUT2D eigenvalue weighted by Gasteiger charge is -2.31. The number of sulfonamides is 1. The molecule has 0 bridgehead atoms. The number of hydrogen-bond donors (Lipinski definition) is 3. The number of nitrogens with zero attached hydrogens (tertiary/aromatic N) is 4. The molecule has 0 unspecified atom stereocenters. The molecule has 3 N–H and O–H groups in total. The van der Waals surface area contributed by atoms with E-state index in [0.29, 0.717) is 35.9 Å². The molecule has 2 aromatic heterocycles. The van der Waals surface area contributed by atoms with Crippen LogP contribution in [0, 0.1) is 6.92 Å². The van der Waals surface area contributed by atoms with Gasteiger partial charge in [-0.15, -0.1) is 0 Å². The largest absolute Gasteiger partial charge is 0.465 e. The van der Waals surface area contributed by atoms with Gasteiger partial charge in [-0.05, 0) is 67.8 Å². The monoisotopic (exact) mass is 622 g/mol. The average Bonchev–Trinajstić information content (AvgIpc) is 2.98. The Labute approximate surface area is 252 Å². The molecular weight excluding hydrogens is 596 g/mol. The fourth-order valence-corrected chi connectivity index (χ4v) is 6.05. The Morgan fingerprint density at radius 1 is 1.07 bits per heavy atom. The molecule has 43 heavy (non-hydrogen) atoms. The van der Waals surface area contributed by atoms with Gasteiger partial charge in [0.15, 0.2) is 0 Å². The second-order valence-corrected chi connectivity index (χ2v) is 11.8. The highest BCUT2D eigenvalue weighted by molar-refractivity contribution is 7.90. The third-order valence-corrected chi connectivity index (χ3v) is 8.57. The molecule has 12 nitrogen and oxygen atoms in total. The van der Waals surface area contributed by atoms with E-state index in [1.165, 1.54) is 35.2 Å². The zero-order chi connectivity index (χ0) is 30.6. The lowest BCUT2D eigenvalue weighted by molar-refractivity contribution is 0.0981. The Balaban J connectivity index is 1.36. The lowest BCUT2D eigenvalue weighted by atomic mass is 10.1. The molecule has 2 amide bonds. The Morgan fingerprint density at radius 2 is 1.88 bits per heavy atom. The zero-order valence-electron chi connectivity index (χ0n) is 22.9. The van der Waals surface area contributed by atoms with Crippen LogP contribution in [0.4, 0.5) is 10.7 Å². The fourth-order valence-electron chi connectivity index (χ4n) is 4.55. The lowest BCUT2D eigenvalue weighted by Crippen LogP contribution is -2.44. The molecule has 1 saturated heterocycles. The molecule has 0 radical (unpaired) electrons. The Bertz CT molecular complexity index is 1790. The number of likely N-dealkylation sites (tertiary alicyclic amines) is 1. The molecule has 1 aliphatic heterocycles. The number of aromatic nitrogens is 3. The smallest absolute Gasteiger partial charge is 0.407 e. The number of nitrogens with one attached hydrogen (secondary N) is 2. The number of carbonyl (C=O) groups is 2. The molecule has 4 aromatic rings. The predicted octanol–water partition coefficient (Wildman–Crippen LogP) is 4.97. The first-order valence-electron chi connectivity index (χ1n) is 13.2. The van der Waals surface area contributed by atoms with Crippen molar-refractivity contribution in [3.8, 4) is 22.9 Å². The third-order valence-electron chi connectivity index (χ3n) is 6.74. The highest BCUT2D eigenvalue weighted by Crippen LogP contribution is 2.33. The minimum Gasteiger partial charge on any atom is -0.465 e. The Hall–Kier alpha value is -4.75. The average molecular weight is 623 g/mol. The van der Waals surface area contributed by atoms with Crippen LogP contribution in [-0.4, -0.2) is 64.5 Å². The quantitative estimate of drug-likeness (QED) is 0.244. The van der Waals surface area contributed by atoms with Gasteiger partial charge in [0.2, 0.25) is 11.8 Å². The van der Waals surface area contributed by atoms with Crippen molar-refractivity contribution in [1.29, 1.82) is 0 Å². The molecule has 3 heterocycles. The van der Waals surface area contributed by atoms with E-state index in [1.54, 1.807) is 49.6 Å². The molecule has 2 aromatic carbocycles. The summed E-state index contributed by atoms with van der Waals surface area (Å²) in [7, 11) is -4.22. The Kier molecular flexibility index (Phi) is 8.73. The van der Waals surface area contributed by atoms with Crippen molar-refractivity contribution >= 4 is 39.6 Å². The molecule has 14 heteroatoms. The van der Waals surface area contributed by atoms with E-state index in [-0.39, 0.29) is 33.2 Å². The number of carbonyl (C=O) groups excluding carboxylic acids is 1. The standard InChI is InChI=1S/C29H27ClN6O6S/c1-18-10-11-19(26(37)35-43(40,41)25-9-3-2-8-22(25)30)16-24(18)42-27-21(7-4-13-31-27)23-12-14-32-28(34-23)33-20-6-5-15-36(17-20)29(38)39/h2-4,7-14,16,20H,5-6,15,17H2,1H3,(H,35,37)(H,38,39)(H,32,33,34)/t20-/m0/s1. The van der Waals surface area contributed by atoms with Crippen molar-refractivity contribution in [2.24, 2.45) is 0 Å². The third kappa shape index (κ3) is 7.01. The fraction of sp³-hybridized carbons (Fsp3) is 0.207. The number of halogens is 1. The number of hydrogen-bond acceptors (Lipinski definition) is 9. The van der Waals surface area contributed by atoms with Crippen LogP contribution < -0.4 is 14.8 Å². The molecule has 1 atom stereocenters. The van der Waals surface area contributed by atoms with Crippen LogP contribution in [-0.2, 0) is 10.0 Å². The number of amides is 2. The number of piperidine rings is 1. The van der Waals surface area contributed by atoms with Gasteiger partial charge in [0, 0.05) is 37.1 Å². The second-order valence-electron chi connectivity index (χ2n) is 9.78. The first kappa shape index (κ1) is 29.7. The molecular formula is C29H27ClN6O6S. The topological polar surface area (TPSA) is 164 Å². The number of anilines is 1. The molecule has 1 aliphatic rings. The van der Waals surface area contributed by atoms with Gasteiger partial charge in [-0.2, -0.15) is 0 Å². The van der Waals surface area contributed by atoms with E-state index in [0.717, 1.165) is 12.8 Å². The predicted molar refractivity (Wildman–Crippen MR) is 159 cm³/mol. The van der Waals surface area contributed by atoms with E-state index in [4.69, 9.17) is 16.3 Å². The summed E-state index contributed by atoms with van der Waals surface area (Å²) in [5.41, 5.74) is 1.76. The number of benzene rings is 2. The summed E-state index contributed by atoms with van der Waals surface area (Å²) in [5.74, 6) is -0.0434. The summed E-state index contributed by atoms with van der Waals surface area (Å²) in [6, 6.07) is 15.4. The maximum absolute atomic E-state index is 12.9. The van der Waals surface area contributed by atoms with Crippen molar-refractivity contribution in [3.05, 3.63) is 89.2 Å². The van der Waals surface area contributed by atoms with E-state index in [2.05, 4.69) is 20.3 Å². The highest BCUT2D eigenvalue weighted by Gasteiger charge is 2.24. The minimum absolute atomic E-state index is 0.0116. The van der Waals surface area contributed by atoms with Gasteiger partial charge in [-0.3, -0.25) is 4.79 Å². The Morgan fingerprint density at radius 3 is 2.67 bits per heavy atom. The van der Waals surface area contributed by atoms with Gasteiger partial charge >= 0.3 is 6.09 Å². The molecule has 0 spiro atoms.